The van der Waals surface area contributed by atoms with Crippen LogP contribution in [0.15, 0.2) is 33.3 Å². The van der Waals surface area contributed by atoms with Gasteiger partial charge in [-0.05, 0) is 18.6 Å². The molecule has 3 nitrogen and oxygen atoms in total. The molecule has 0 spiro atoms. The van der Waals surface area contributed by atoms with Crippen LogP contribution < -0.4 is 5.73 Å². The fraction of sp³-hybridized carbons (Fsp3) is 0.100. The number of hydrogen-bond donors (Lipinski definition) is 1. The molecule has 14 heavy (non-hydrogen) atoms. The van der Waals surface area contributed by atoms with Gasteiger partial charge in [-0.25, -0.2) is 0 Å². The fourth-order valence-corrected chi connectivity index (χ4v) is 2.03. The van der Waals surface area contributed by atoms with Crippen molar-refractivity contribution in [1.29, 1.82) is 0 Å². The third-order valence-electron chi connectivity index (χ3n) is 2.01. The minimum absolute atomic E-state index is 0.329. The highest BCUT2D eigenvalue weighted by molar-refractivity contribution is 9.10. The van der Waals surface area contributed by atoms with Gasteiger partial charge in [-0.15, -0.1) is 0 Å². The number of aryl methyl sites for hydroxylation is 1. The molecule has 0 amide bonds. The Kier molecular flexibility index (Phi) is 2.29. The number of benzene rings is 1. The molecule has 0 aliphatic rings. The Labute approximate surface area is 90.0 Å². The molecule has 0 unspecified atom stereocenters. The van der Waals surface area contributed by atoms with Crippen molar-refractivity contribution in [1.82, 2.24) is 5.16 Å². The number of rotatable bonds is 1. The minimum Gasteiger partial charge on any atom is -0.368 e. The van der Waals surface area contributed by atoms with Crippen LogP contribution in [0.3, 0.4) is 0 Å². The average Bonchev–Trinajstić information content (AvgIpc) is 2.51. The lowest BCUT2D eigenvalue weighted by molar-refractivity contribution is 0.439. The van der Waals surface area contributed by atoms with E-state index in [2.05, 4.69) is 21.1 Å². The molecule has 0 fully saturated rings. The Morgan fingerprint density at radius 3 is 2.79 bits per heavy atom. The zero-order valence-corrected chi connectivity index (χ0v) is 9.21. The van der Waals surface area contributed by atoms with Crippen LogP contribution in [-0.4, -0.2) is 5.16 Å². The van der Waals surface area contributed by atoms with Gasteiger partial charge in [0.1, 0.15) is 5.69 Å². The zero-order valence-electron chi connectivity index (χ0n) is 7.62. The van der Waals surface area contributed by atoms with E-state index in [1.165, 1.54) is 0 Å². The molecule has 1 heterocycles. The predicted octanol–water partition coefficient (Wildman–Crippen LogP) is 2.99. The summed E-state index contributed by atoms with van der Waals surface area (Å²) < 4.78 is 5.83. The van der Waals surface area contributed by atoms with Crippen LogP contribution in [0.4, 0.5) is 5.88 Å². The number of anilines is 1. The number of nitrogens with two attached hydrogens (primary N) is 1. The first-order valence-electron chi connectivity index (χ1n) is 4.16. The summed E-state index contributed by atoms with van der Waals surface area (Å²) in [5, 5.41) is 3.88. The van der Waals surface area contributed by atoms with E-state index in [0.29, 0.717) is 5.88 Å². The van der Waals surface area contributed by atoms with E-state index in [1.54, 1.807) is 6.07 Å². The van der Waals surface area contributed by atoms with E-state index in [4.69, 9.17) is 10.3 Å². The first kappa shape index (κ1) is 9.27. The maximum Gasteiger partial charge on any atom is 0.222 e. The van der Waals surface area contributed by atoms with Crippen molar-refractivity contribution in [3.63, 3.8) is 0 Å². The summed E-state index contributed by atoms with van der Waals surface area (Å²) in [5.74, 6) is 0.329. The van der Waals surface area contributed by atoms with Crippen LogP contribution >= 0.6 is 15.9 Å². The summed E-state index contributed by atoms with van der Waals surface area (Å²) in [4.78, 5) is 0. The maximum absolute atomic E-state index is 5.47. The second-order valence-electron chi connectivity index (χ2n) is 3.05. The van der Waals surface area contributed by atoms with Gasteiger partial charge in [-0.2, -0.15) is 0 Å². The van der Waals surface area contributed by atoms with Crippen molar-refractivity contribution in [2.75, 3.05) is 5.73 Å². The highest BCUT2D eigenvalue weighted by atomic mass is 79.9. The predicted molar refractivity (Wildman–Crippen MR) is 58.8 cm³/mol. The van der Waals surface area contributed by atoms with E-state index < -0.39 is 0 Å². The van der Waals surface area contributed by atoms with Crippen molar-refractivity contribution >= 4 is 21.8 Å². The van der Waals surface area contributed by atoms with Crippen LogP contribution in [0.1, 0.15) is 5.56 Å². The van der Waals surface area contributed by atoms with Crippen molar-refractivity contribution in [2.24, 2.45) is 0 Å². The molecule has 0 bridgehead atoms. The van der Waals surface area contributed by atoms with Crippen LogP contribution in [-0.2, 0) is 0 Å². The topological polar surface area (TPSA) is 52.0 Å². The van der Waals surface area contributed by atoms with E-state index in [-0.39, 0.29) is 0 Å². The second kappa shape index (κ2) is 3.46. The molecule has 4 heteroatoms. The molecule has 0 aliphatic carbocycles. The van der Waals surface area contributed by atoms with Gasteiger partial charge < -0.3 is 10.3 Å². The normalized spacial score (nSPS) is 10.4. The minimum atomic E-state index is 0.329. The van der Waals surface area contributed by atoms with Gasteiger partial charge in [0.05, 0.1) is 0 Å². The molecule has 0 radical (unpaired) electrons. The van der Waals surface area contributed by atoms with Gasteiger partial charge in [0.2, 0.25) is 5.88 Å². The number of halogens is 1. The molecule has 0 atom stereocenters. The Morgan fingerprint density at radius 1 is 1.43 bits per heavy atom. The molecular formula is C10H9BrN2O. The number of aromatic nitrogens is 1. The van der Waals surface area contributed by atoms with Gasteiger partial charge in [0, 0.05) is 16.1 Å². The highest BCUT2D eigenvalue weighted by Gasteiger charge is 2.10. The third-order valence-corrected chi connectivity index (χ3v) is 2.67. The summed E-state index contributed by atoms with van der Waals surface area (Å²) in [7, 11) is 0. The third kappa shape index (κ3) is 1.53. The lowest BCUT2D eigenvalue weighted by atomic mass is 10.1. The quantitative estimate of drug-likeness (QED) is 0.849. The lowest BCUT2D eigenvalue weighted by Crippen LogP contribution is -1.84. The molecule has 72 valence electrons. The molecule has 2 N–H and O–H groups in total. The van der Waals surface area contributed by atoms with Gasteiger partial charge >= 0.3 is 0 Å². The molecule has 2 aromatic rings. The Balaban J connectivity index is 2.61. The van der Waals surface area contributed by atoms with E-state index in [1.807, 2.05) is 25.1 Å². The van der Waals surface area contributed by atoms with Gasteiger partial charge in [0.15, 0.2) is 0 Å². The van der Waals surface area contributed by atoms with Crippen molar-refractivity contribution in [3.05, 3.63) is 34.3 Å². The molecule has 1 aromatic carbocycles. The number of nitrogen functional groups attached to an aromatic ring is 1. The van der Waals surface area contributed by atoms with E-state index in [9.17, 15) is 0 Å². The standard InChI is InChI=1S/C10H9BrN2O/c1-6-3-2-4-7(11)10(6)8-5-9(12)14-13-8/h2-5H,12H2,1H3. The Hall–Kier alpha value is -1.29. The van der Waals surface area contributed by atoms with Crippen molar-refractivity contribution in [3.8, 4) is 11.3 Å². The van der Waals surface area contributed by atoms with Crippen molar-refractivity contribution < 1.29 is 4.52 Å². The van der Waals surface area contributed by atoms with Gasteiger partial charge in [-0.1, -0.05) is 33.2 Å². The molecule has 1 aromatic heterocycles. The van der Waals surface area contributed by atoms with Crippen LogP contribution in [0, 0.1) is 6.92 Å². The van der Waals surface area contributed by atoms with Gasteiger partial charge in [0.25, 0.3) is 0 Å². The summed E-state index contributed by atoms with van der Waals surface area (Å²) in [6.07, 6.45) is 0. The van der Waals surface area contributed by atoms with E-state index >= 15 is 0 Å². The first-order valence-corrected chi connectivity index (χ1v) is 4.95. The van der Waals surface area contributed by atoms with Crippen LogP contribution in [0.25, 0.3) is 11.3 Å². The summed E-state index contributed by atoms with van der Waals surface area (Å²) in [6.45, 7) is 2.02. The number of hydrogen-bond acceptors (Lipinski definition) is 3. The highest BCUT2D eigenvalue weighted by Crippen LogP contribution is 2.31. The smallest absolute Gasteiger partial charge is 0.222 e. The Bertz CT molecular complexity index is 445. The molecular weight excluding hydrogens is 244 g/mol. The van der Waals surface area contributed by atoms with Crippen LogP contribution in [0.2, 0.25) is 0 Å². The van der Waals surface area contributed by atoms with Crippen molar-refractivity contribution in [2.45, 2.75) is 6.92 Å². The fourth-order valence-electron chi connectivity index (χ4n) is 1.36. The summed E-state index contributed by atoms with van der Waals surface area (Å²) >= 11 is 3.47. The SMILES string of the molecule is Cc1cccc(Br)c1-c1cc(N)on1. The lowest BCUT2D eigenvalue weighted by Gasteiger charge is -2.03. The number of nitrogens with zero attached hydrogens (tertiary/aromatic N) is 1. The maximum atomic E-state index is 5.47. The molecule has 0 aliphatic heterocycles. The van der Waals surface area contributed by atoms with Crippen LogP contribution in [0.5, 0.6) is 0 Å². The Morgan fingerprint density at radius 2 is 2.21 bits per heavy atom. The molecule has 0 saturated heterocycles. The average molecular weight is 253 g/mol. The second-order valence-corrected chi connectivity index (χ2v) is 3.90. The zero-order chi connectivity index (χ0) is 10.1. The first-order chi connectivity index (χ1) is 6.68. The van der Waals surface area contributed by atoms with E-state index in [0.717, 1.165) is 21.3 Å². The largest absolute Gasteiger partial charge is 0.368 e. The van der Waals surface area contributed by atoms with Gasteiger partial charge in [-0.3, -0.25) is 0 Å². The monoisotopic (exact) mass is 252 g/mol. The summed E-state index contributed by atoms with van der Waals surface area (Å²) in [5.41, 5.74) is 8.38. The molecule has 0 saturated carbocycles. The summed E-state index contributed by atoms with van der Waals surface area (Å²) in [6, 6.07) is 7.68. The molecule has 2 rings (SSSR count).